The maximum absolute atomic E-state index is 6.17. The van der Waals surface area contributed by atoms with E-state index in [1.807, 2.05) is 23.9 Å². The van der Waals surface area contributed by atoms with Crippen molar-refractivity contribution in [3.63, 3.8) is 0 Å². The number of aromatic nitrogens is 2. The second kappa shape index (κ2) is 7.20. The van der Waals surface area contributed by atoms with Gasteiger partial charge >= 0.3 is 0 Å². The molecule has 1 aromatic heterocycles. The van der Waals surface area contributed by atoms with Crippen LogP contribution in [0.4, 0.5) is 17.5 Å². The monoisotopic (exact) mass is 334 g/mol. The average Bonchev–Trinajstić information content (AvgIpc) is 2.47. The fourth-order valence-corrected chi connectivity index (χ4v) is 3.10. The fraction of sp³-hybridized carbons (Fsp3) is 0.375. The first-order chi connectivity index (χ1) is 10.7. The van der Waals surface area contributed by atoms with Crippen LogP contribution in [0.25, 0.3) is 0 Å². The molecule has 2 aromatic rings. The Morgan fingerprint density at radius 3 is 2.95 bits per heavy atom. The van der Waals surface area contributed by atoms with Gasteiger partial charge in [0.1, 0.15) is 5.02 Å². The standard InChI is InChI=1S/C16H19ClN4S/c1-2-22-13-8-4-7-12(9-13)20-16-18-10-14(17)15(21-16)19-11-5-3-6-11/h4,7-11H,2-3,5-6H2,1H3,(H2,18,19,20,21). The molecule has 0 radical (unpaired) electrons. The molecular weight excluding hydrogens is 316 g/mol. The quantitative estimate of drug-likeness (QED) is 0.732. The van der Waals surface area contributed by atoms with Gasteiger partial charge in [-0.25, -0.2) is 4.98 Å². The number of nitrogens with zero attached hydrogens (tertiary/aromatic N) is 2. The number of halogens is 1. The van der Waals surface area contributed by atoms with E-state index in [0.29, 0.717) is 22.8 Å². The predicted octanol–water partition coefficient (Wildman–Crippen LogP) is 4.95. The Labute approximate surface area is 140 Å². The zero-order chi connectivity index (χ0) is 15.4. The van der Waals surface area contributed by atoms with Gasteiger partial charge in [0, 0.05) is 16.6 Å². The number of hydrogen-bond donors (Lipinski definition) is 2. The van der Waals surface area contributed by atoms with Gasteiger partial charge in [0.05, 0.1) is 6.20 Å². The highest BCUT2D eigenvalue weighted by molar-refractivity contribution is 7.99. The van der Waals surface area contributed by atoms with Crippen LogP contribution >= 0.6 is 23.4 Å². The molecule has 1 aliphatic carbocycles. The third-order valence-electron chi connectivity index (χ3n) is 3.59. The lowest BCUT2D eigenvalue weighted by atomic mass is 9.93. The smallest absolute Gasteiger partial charge is 0.229 e. The van der Waals surface area contributed by atoms with Gasteiger partial charge in [-0.3, -0.25) is 0 Å². The van der Waals surface area contributed by atoms with E-state index in [-0.39, 0.29) is 0 Å². The van der Waals surface area contributed by atoms with Crippen molar-refractivity contribution in [2.45, 2.75) is 37.1 Å². The first-order valence-corrected chi connectivity index (χ1v) is 8.90. The molecule has 0 amide bonds. The summed E-state index contributed by atoms with van der Waals surface area (Å²) in [5.74, 6) is 2.32. The van der Waals surface area contributed by atoms with E-state index in [1.54, 1.807) is 6.20 Å². The van der Waals surface area contributed by atoms with E-state index >= 15 is 0 Å². The van der Waals surface area contributed by atoms with Crippen molar-refractivity contribution < 1.29 is 0 Å². The van der Waals surface area contributed by atoms with E-state index in [9.17, 15) is 0 Å². The van der Waals surface area contributed by atoms with Crippen molar-refractivity contribution in [1.29, 1.82) is 0 Å². The Bertz CT molecular complexity index is 646. The molecule has 0 atom stereocenters. The van der Waals surface area contributed by atoms with Crippen LogP contribution in [-0.4, -0.2) is 21.8 Å². The SMILES string of the molecule is CCSc1cccc(Nc2ncc(Cl)c(NC3CCC3)n2)c1. The normalized spacial score (nSPS) is 14.5. The number of thioether (sulfide) groups is 1. The van der Waals surface area contributed by atoms with Gasteiger partial charge in [0.2, 0.25) is 5.95 Å². The molecule has 0 aliphatic heterocycles. The summed E-state index contributed by atoms with van der Waals surface area (Å²) in [6, 6.07) is 8.74. The van der Waals surface area contributed by atoms with Gasteiger partial charge in [0.25, 0.3) is 0 Å². The van der Waals surface area contributed by atoms with E-state index in [1.165, 1.54) is 24.2 Å². The second-order valence-electron chi connectivity index (χ2n) is 5.25. The Hall–Kier alpha value is -1.46. The molecule has 1 fully saturated rings. The van der Waals surface area contributed by atoms with Crippen LogP contribution in [0, 0.1) is 0 Å². The summed E-state index contributed by atoms with van der Waals surface area (Å²) in [4.78, 5) is 9.98. The van der Waals surface area contributed by atoms with Crippen molar-refractivity contribution >= 4 is 40.8 Å². The molecule has 1 aliphatic rings. The van der Waals surface area contributed by atoms with E-state index in [2.05, 4.69) is 39.7 Å². The zero-order valence-corrected chi connectivity index (χ0v) is 14.0. The third-order valence-corrected chi connectivity index (χ3v) is 4.74. The lowest BCUT2D eigenvalue weighted by Crippen LogP contribution is -2.27. The van der Waals surface area contributed by atoms with Crippen LogP contribution in [0.15, 0.2) is 35.4 Å². The molecular formula is C16H19ClN4S. The lowest BCUT2D eigenvalue weighted by molar-refractivity contribution is 0.444. The van der Waals surface area contributed by atoms with Gasteiger partial charge in [-0.15, -0.1) is 11.8 Å². The summed E-state index contributed by atoms with van der Waals surface area (Å²) in [6.45, 7) is 2.14. The predicted molar refractivity (Wildman–Crippen MR) is 94.4 cm³/mol. The summed E-state index contributed by atoms with van der Waals surface area (Å²) >= 11 is 7.98. The highest BCUT2D eigenvalue weighted by Gasteiger charge is 2.19. The maximum atomic E-state index is 6.17. The van der Waals surface area contributed by atoms with Crippen molar-refractivity contribution in [2.75, 3.05) is 16.4 Å². The zero-order valence-electron chi connectivity index (χ0n) is 12.5. The molecule has 22 heavy (non-hydrogen) atoms. The second-order valence-corrected chi connectivity index (χ2v) is 6.99. The Morgan fingerprint density at radius 1 is 1.36 bits per heavy atom. The number of hydrogen-bond acceptors (Lipinski definition) is 5. The number of anilines is 3. The van der Waals surface area contributed by atoms with E-state index in [0.717, 1.165) is 11.4 Å². The first kappa shape index (κ1) is 15.4. The van der Waals surface area contributed by atoms with Crippen LogP contribution in [0.5, 0.6) is 0 Å². The molecule has 6 heteroatoms. The molecule has 1 heterocycles. The Kier molecular flexibility index (Phi) is 5.05. The average molecular weight is 335 g/mol. The number of nitrogens with one attached hydrogen (secondary N) is 2. The maximum Gasteiger partial charge on any atom is 0.229 e. The molecule has 0 unspecified atom stereocenters. The van der Waals surface area contributed by atoms with Crippen molar-refractivity contribution in [3.05, 3.63) is 35.5 Å². The minimum Gasteiger partial charge on any atom is -0.366 e. The van der Waals surface area contributed by atoms with Gasteiger partial charge in [-0.05, 0) is 43.2 Å². The molecule has 0 saturated heterocycles. The van der Waals surface area contributed by atoms with Crippen LogP contribution in [0.2, 0.25) is 5.02 Å². The topological polar surface area (TPSA) is 49.8 Å². The van der Waals surface area contributed by atoms with Crippen LogP contribution < -0.4 is 10.6 Å². The Balaban J connectivity index is 1.74. The molecule has 2 N–H and O–H groups in total. The van der Waals surface area contributed by atoms with Gasteiger partial charge in [0.15, 0.2) is 5.82 Å². The van der Waals surface area contributed by atoms with Gasteiger partial charge in [-0.1, -0.05) is 24.6 Å². The van der Waals surface area contributed by atoms with E-state index < -0.39 is 0 Å². The largest absolute Gasteiger partial charge is 0.366 e. The van der Waals surface area contributed by atoms with Crippen LogP contribution in [0.3, 0.4) is 0 Å². The summed E-state index contributed by atoms with van der Waals surface area (Å²) < 4.78 is 0. The van der Waals surface area contributed by atoms with Gasteiger partial charge < -0.3 is 10.6 Å². The summed E-state index contributed by atoms with van der Waals surface area (Å²) in [5, 5.41) is 7.19. The third kappa shape index (κ3) is 3.84. The van der Waals surface area contributed by atoms with Crippen LogP contribution in [0.1, 0.15) is 26.2 Å². The molecule has 0 bridgehead atoms. The molecule has 1 saturated carbocycles. The lowest BCUT2D eigenvalue weighted by Gasteiger charge is -2.27. The summed E-state index contributed by atoms with van der Waals surface area (Å²) in [7, 11) is 0. The highest BCUT2D eigenvalue weighted by Crippen LogP contribution is 2.28. The fourth-order valence-electron chi connectivity index (χ4n) is 2.23. The van der Waals surface area contributed by atoms with Crippen molar-refractivity contribution in [3.8, 4) is 0 Å². The first-order valence-electron chi connectivity index (χ1n) is 7.53. The molecule has 116 valence electrons. The highest BCUT2D eigenvalue weighted by atomic mass is 35.5. The van der Waals surface area contributed by atoms with Crippen molar-refractivity contribution in [2.24, 2.45) is 0 Å². The molecule has 4 nitrogen and oxygen atoms in total. The van der Waals surface area contributed by atoms with Gasteiger partial charge in [-0.2, -0.15) is 4.98 Å². The summed E-state index contributed by atoms with van der Waals surface area (Å²) in [6.07, 6.45) is 5.27. The van der Waals surface area contributed by atoms with Crippen molar-refractivity contribution in [1.82, 2.24) is 9.97 Å². The molecule has 0 spiro atoms. The minimum absolute atomic E-state index is 0.490. The molecule has 3 rings (SSSR count). The number of rotatable bonds is 6. The molecule has 1 aromatic carbocycles. The number of benzene rings is 1. The summed E-state index contributed by atoms with van der Waals surface area (Å²) in [5.41, 5.74) is 0.982. The van der Waals surface area contributed by atoms with E-state index in [4.69, 9.17) is 11.6 Å². The Morgan fingerprint density at radius 2 is 2.23 bits per heavy atom. The van der Waals surface area contributed by atoms with Crippen LogP contribution in [-0.2, 0) is 0 Å². The minimum atomic E-state index is 0.490.